The third-order valence-electron chi connectivity index (χ3n) is 3.37. The van der Waals surface area contributed by atoms with Crippen LogP contribution in [0.15, 0.2) is 29.6 Å². The average Bonchev–Trinajstić information content (AvgIpc) is 3.04. The maximum atomic E-state index is 12.3. The van der Waals surface area contributed by atoms with Gasteiger partial charge in [0.15, 0.2) is 0 Å². The van der Waals surface area contributed by atoms with Gasteiger partial charge < -0.3 is 9.64 Å². The monoisotopic (exact) mass is 322 g/mol. The minimum absolute atomic E-state index is 0.0606. The van der Waals surface area contributed by atoms with Crippen LogP contribution in [0.2, 0.25) is 0 Å². The molecule has 1 saturated heterocycles. The zero-order valence-corrected chi connectivity index (χ0v) is 13.0. The lowest BCUT2D eigenvalue weighted by atomic mass is 10.1. The normalized spacial score (nSPS) is 15.2. The molecule has 110 valence electrons. The van der Waals surface area contributed by atoms with Crippen molar-refractivity contribution >= 4 is 28.8 Å². The van der Waals surface area contributed by atoms with Gasteiger partial charge in [-0.3, -0.25) is 4.79 Å². The van der Waals surface area contributed by atoms with Crippen molar-refractivity contribution in [3.63, 3.8) is 0 Å². The molecule has 1 aliphatic rings. The molecule has 2 heterocycles. The number of nitrogens with zero attached hydrogens (tertiary/aromatic N) is 2. The molecule has 21 heavy (non-hydrogen) atoms. The number of ether oxygens (including phenoxy) is 1. The lowest BCUT2D eigenvalue weighted by molar-refractivity contribution is 0.0303. The molecule has 4 nitrogen and oxygen atoms in total. The van der Waals surface area contributed by atoms with E-state index in [4.69, 9.17) is 16.3 Å². The van der Waals surface area contributed by atoms with Gasteiger partial charge in [0, 0.05) is 29.6 Å². The Morgan fingerprint density at radius 1 is 1.29 bits per heavy atom. The van der Waals surface area contributed by atoms with Crippen molar-refractivity contribution in [1.82, 2.24) is 9.88 Å². The van der Waals surface area contributed by atoms with Crippen LogP contribution >= 0.6 is 22.9 Å². The number of carbonyl (C=O) groups excluding carboxylic acids is 1. The van der Waals surface area contributed by atoms with Gasteiger partial charge in [-0.05, 0) is 12.1 Å². The summed E-state index contributed by atoms with van der Waals surface area (Å²) in [5, 5.41) is 2.88. The van der Waals surface area contributed by atoms with E-state index >= 15 is 0 Å². The number of halogens is 1. The van der Waals surface area contributed by atoms with Gasteiger partial charge in [-0.25, -0.2) is 4.98 Å². The number of aromatic nitrogens is 1. The van der Waals surface area contributed by atoms with Gasteiger partial charge in [0.25, 0.3) is 5.91 Å². The van der Waals surface area contributed by atoms with Gasteiger partial charge >= 0.3 is 0 Å². The van der Waals surface area contributed by atoms with Crippen molar-refractivity contribution in [2.45, 2.75) is 5.88 Å². The molecule has 1 aromatic heterocycles. The summed E-state index contributed by atoms with van der Waals surface area (Å²) in [7, 11) is 0. The maximum Gasteiger partial charge on any atom is 0.254 e. The average molecular weight is 323 g/mol. The maximum absolute atomic E-state index is 12.3. The Kier molecular flexibility index (Phi) is 4.53. The lowest BCUT2D eigenvalue weighted by Crippen LogP contribution is -2.40. The van der Waals surface area contributed by atoms with E-state index in [1.165, 1.54) is 0 Å². The van der Waals surface area contributed by atoms with E-state index in [2.05, 4.69) is 4.98 Å². The van der Waals surface area contributed by atoms with Gasteiger partial charge in [-0.15, -0.1) is 22.9 Å². The largest absolute Gasteiger partial charge is 0.378 e. The number of hydrogen-bond donors (Lipinski definition) is 0. The molecule has 1 amide bonds. The smallest absolute Gasteiger partial charge is 0.254 e. The molecule has 2 aromatic rings. The first kappa shape index (κ1) is 14.5. The van der Waals surface area contributed by atoms with Gasteiger partial charge in [0.1, 0.15) is 5.01 Å². The van der Waals surface area contributed by atoms with Crippen LogP contribution in [0.5, 0.6) is 0 Å². The van der Waals surface area contributed by atoms with Crippen molar-refractivity contribution in [3.8, 4) is 10.6 Å². The second-order valence-corrected chi connectivity index (χ2v) is 5.88. The number of morpholine rings is 1. The molecule has 6 heteroatoms. The molecule has 0 atom stereocenters. The molecular formula is C15H15ClN2O2S. The molecular weight excluding hydrogens is 308 g/mol. The number of rotatable bonds is 3. The molecule has 0 bridgehead atoms. The first-order valence-electron chi connectivity index (χ1n) is 6.76. The highest BCUT2D eigenvalue weighted by Gasteiger charge is 2.18. The highest BCUT2D eigenvalue weighted by Crippen LogP contribution is 2.25. The fraction of sp³-hybridized carbons (Fsp3) is 0.333. The quantitative estimate of drug-likeness (QED) is 0.816. The van der Waals surface area contributed by atoms with Crippen LogP contribution in [0, 0.1) is 0 Å². The topological polar surface area (TPSA) is 42.4 Å². The summed E-state index contributed by atoms with van der Waals surface area (Å²) in [4.78, 5) is 18.6. The minimum atomic E-state index is 0.0606. The van der Waals surface area contributed by atoms with Crippen LogP contribution in [0.1, 0.15) is 16.1 Å². The van der Waals surface area contributed by atoms with Crippen molar-refractivity contribution in [2.24, 2.45) is 0 Å². The number of hydrogen-bond acceptors (Lipinski definition) is 4. The Balaban J connectivity index is 1.75. The van der Waals surface area contributed by atoms with Crippen molar-refractivity contribution in [2.75, 3.05) is 26.3 Å². The van der Waals surface area contributed by atoms with Crippen LogP contribution in [-0.2, 0) is 10.6 Å². The van der Waals surface area contributed by atoms with Crippen LogP contribution < -0.4 is 0 Å². The summed E-state index contributed by atoms with van der Waals surface area (Å²) < 4.78 is 5.26. The van der Waals surface area contributed by atoms with E-state index in [1.54, 1.807) is 11.3 Å². The Bertz CT molecular complexity index is 621. The predicted molar refractivity (Wildman–Crippen MR) is 83.8 cm³/mol. The molecule has 1 aromatic carbocycles. The fourth-order valence-electron chi connectivity index (χ4n) is 2.21. The first-order valence-corrected chi connectivity index (χ1v) is 8.17. The molecule has 1 aliphatic heterocycles. The summed E-state index contributed by atoms with van der Waals surface area (Å²) in [6.07, 6.45) is 0. The van der Waals surface area contributed by atoms with Crippen molar-refractivity contribution in [1.29, 1.82) is 0 Å². The fourth-order valence-corrected chi connectivity index (χ4v) is 3.26. The third-order valence-corrected chi connectivity index (χ3v) is 4.58. The van der Waals surface area contributed by atoms with Crippen LogP contribution in [0.25, 0.3) is 10.6 Å². The molecule has 0 radical (unpaired) electrons. The predicted octanol–water partition coefficient (Wildman–Crippen LogP) is 3.02. The Hall–Kier alpha value is -1.43. The first-order chi connectivity index (χ1) is 10.3. The number of amides is 1. The Morgan fingerprint density at radius 2 is 2.00 bits per heavy atom. The van der Waals surface area contributed by atoms with Crippen LogP contribution in [0.4, 0.5) is 0 Å². The molecule has 3 rings (SSSR count). The zero-order chi connectivity index (χ0) is 14.7. The highest BCUT2D eigenvalue weighted by molar-refractivity contribution is 7.13. The van der Waals surface area contributed by atoms with E-state index in [0.29, 0.717) is 37.7 Å². The molecule has 0 N–H and O–H groups in total. The minimum Gasteiger partial charge on any atom is -0.378 e. The van der Waals surface area contributed by atoms with E-state index in [9.17, 15) is 4.79 Å². The summed E-state index contributed by atoms with van der Waals surface area (Å²) in [6.45, 7) is 2.55. The molecule has 0 saturated carbocycles. The van der Waals surface area contributed by atoms with Crippen LogP contribution in [0.3, 0.4) is 0 Å². The molecule has 0 spiro atoms. The van der Waals surface area contributed by atoms with Gasteiger partial charge in [0.05, 0.1) is 24.8 Å². The van der Waals surface area contributed by atoms with Crippen LogP contribution in [-0.4, -0.2) is 42.1 Å². The molecule has 1 fully saturated rings. The van der Waals surface area contributed by atoms with Gasteiger partial charge in [-0.1, -0.05) is 12.1 Å². The number of thiazole rings is 1. The highest BCUT2D eigenvalue weighted by atomic mass is 35.5. The molecule has 0 unspecified atom stereocenters. The summed E-state index contributed by atoms with van der Waals surface area (Å²) in [5.41, 5.74) is 2.59. The summed E-state index contributed by atoms with van der Waals surface area (Å²) in [6, 6.07) is 7.58. The van der Waals surface area contributed by atoms with E-state index in [0.717, 1.165) is 16.3 Å². The number of benzene rings is 1. The second kappa shape index (κ2) is 6.56. The lowest BCUT2D eigenvalue weighted by Gasteiger charge is -2.26. The number of carbonyl (C=O) groups is 1. The van der Waals surface area contributed by atoms with E-state index in [-0.39, 0.29) is 5.91 Å². The van der Waals surface area contributed by atoms with E-state index in [1.807, 2.05) is 34.5 Å². The molecule has 0 aliphatic carbocycles. The SMILES string of the molecule is O=C(c1ccc(-c2nc(CCl)cs2)cc1)N1CCOCC1. The third kappa shape index (κ3) is 3.26. The second-order valence-electron chi connectivity index (χ2n) is 4.76. The van der Waals surface area contributed by atoms with Gasteiger partial charge in [0.2, 0.25) is 0 Å². The Morgan fingerprint density at radius 3 is 2.62 bits per heavy atom. The van der Waals surface area contributed by atoms with Crippen molar-refractivity contribution < 1.29 is 9.53 Å². The Labute approximate surface area is 132 Å². The number of alkyl halides is 1. The summed E-state index contributed by atoms with van der Waals surface area (Å²) >= 11 is 7.33. The van der Waals surface area contributed by atoms with Crippen molar-refractivity contribution in [3.05, 3.63) is 40.9 Å². The summed E-state index contributed by atoms with van der Waals surface area (Å²) in [5.74, 6) is 0.481. The zero-order valence-electron chi connectivity index (χ0n) is 11.4. The standard InChI is InChI=1S/C15H15ClN2O2S/c16-9-13-10-21-14(17-13)11-1-3-12(4-2-11)15(19)18-5-7-20-8-6-18/h1-4,10H,5-9H2. The van der Waals surface area contributed by atoms with E-state index < -0.39 is 0 Å². The van der Waals surface area contributed by atoms with Gasteiger partial charge in [-0.2, -0.15) is 0 Å².